The molecule has 2 fully saturated rings. The SMILES string of the molecule is CCOC1CC(NC(C)Cc2ccc(Br)cc2)C12CCC2. The summed E-state index contributed by atoms with van der Waals surface area (Å²) in [6.45, 7) is 5.28. The van der Waals surface area contributed by atoms with Crippen molar-refractivity contribution in [3.63, 3.8) is 0 Å². The number of halogens is 1. The molecule has 0 amide bonds. The first-order valence-corrected chi connectivity index (χ1v) is 9.05. The van der Waals surface area contributed by atoms with Gasteiger partial charge in [0.2, 0.25) is 0 Å². The highest BCUT2D eigenvalue weighted by molar-refractivity contribution is 9.10. The Morgan fingerprint density at radius 2 is 2.05 bits per heavy atom. The molecule has 0 aromatic heterocycles. The highest BCUT2D eigenvalue weighted by atomic mass is 79.9. The van der Waals surface area contributed by atoms with Gasteiger partial charge < -0.3 is 10.1 Å². The Balaban J connectivity index is 1.53. The van der Waals surface area contributed by atoms with Crippen LogP contribution in [0.5, 0.6) is 0 Å². The number of ether oxygens (including phenoxy) is 1. The van der Waals surface area contributed by atoms with Gasteiger partial charge in [-0.3, -0.25) is 0 Å². The maximum absolute atomic E-state index is 5.93. The van der Waals surface area contributed by atoms with Crippen molar-refractivity contribution in [3.8, 4) is 0 Å². The molecular weight excluding hydrogens is 326 g/mol. The minimum atomic E-state index is 0.462. The molecule has 3 atom stereocenters. The van der Waals surface area contributed by atoms with Gasteiger partial charge in [-0.05, 0) is 57.2 Å². The van der Waals surface area contributed by atoms with Crippen molar-refractivity contribution >= 4 is 15.9 Å². The summed E-state index contributed by atoms with van der Waals surface area (Å²) in [5.41, 5.74) is 1.87. The third-order valence-electron chi connectivity index (χ3n) is 5.38. The van der Waals surface area contributed by atoms with Crippen molar-refractivity contribution in [2.45, 2.75) is 64.1 Å². The Bertz CT molecular complexity index is 469. The fourth-order valence-electron chi connectivity index (χ4n) is 4.05. The lowest BCUT2D eigenvalue weighted by molar-refractivity contribution is -0.174. The number of rotatable bonds is 6. The van der Waals surface area contributed by atoms with Crippen molar-refractivity contribution in [1.82, 2.24) is 5.32 Å². The fourth-order valence-corrected chi connectivity index (χ4v) is 4.31. The highest BCUT2D eigenvalue weighted by Gasteiger charge is 2.58. The largest absolute Gasteiger partial charge is 0.378 e. The van der Waals surface area contributed by atoms with E-state index in [9.17, 15) is 0 Å². The van der Waals surface area contributed by atoms with Gasteiger partial charge in [0.05, 0.1) is 6.10 Å². The molecular formula is C18H26BrNO. The standard InChI is InChI=1S/C18H26BrNO/c1-3-21-17-12-16(18(17)9-4-10-18)20-13(2)11-14-5-7-15(19)8-6-14/h5-8,13,16-17,20H,3-4,9-12H2,1-2H3. The van der Waals surface area contributed by atoms with E-state index < -0.39 is 0 Å². The molecule has 0 bridgehead atoms. The Morgan fingerprint density at radius 3 is 2.62 bits per heavy atom. The summed E-state index contributed by atoms with van der Waals surface area (Å²) in [6, 6.07) is 9.87. The van der Waals surface area contributed by atoms with Gasteiger partial charge in [0.15, 0.2) is 0 Å². The second-order valence-corrected chi connectivity index (χ2v) is 7.63. The van der Waals surface area contributed by atoms with Crippen molar-refractivity contribution < 1.29 is 4.74 Å². The van der Waals surface area contributed by atoms with Crippen molar-refractivity contribution in [1.29, 1.82) is 0 Å². The monoisotopic (exact) mass is 351 g/mol. The molecule has 1 N–H and O–H groups in total. The van der Waals surface area contributed by atoms with Gasteiger partial charge in [0.25, 0.3) is 0 Å². The Kier molecular flexibility index (Phi) is 4.72. The molecule has 1 aromatic carbocycles. The van der Waals surface area contributed by atoms with E-state index >= 15 is 0 Å². The Hall–Kier alpha value is -0.380. The lowest BCUT2D eigenvalue weighted by Crippen LogP contribution is -2.68. The molecule has 116 valence electrons. The molecule has 3 unspecified atom stereocenters. The van der Waals surface area contributed by atoms with E-state index in [2.05, 4.69) is 59.4 Å². The van der Waals surface area contributed by atoms with Crippen LogP contribution in [0.4, 0.5) is 0 Å². The van der Waals surface area contributed by atoms with E-state index in [1.54, 1.807) is 0 Å². The summed E-state index contributed by atoms with van der Waals surface area (Å²) in [5.74, 6) is 0. The molecule has 0 heterocycles. The van der Waals surface area contributed by atoms with E-state index in [4.69, 9.17) is 4.74 Å². The third-order valence-corrected chi connectivity index (χ3v) is 5.91. The molecule has 3 heteroatoms. The maximum Gasteiger partial charge on any atom is 0.0661 e. The van der Waals surface area contributed by atoms with E-state index in [-0.39, 0.29) is 0 Å². The van der Waals surface area contributed by atoms with Gasteiger partial charge in [0.1, 0.15) is 0 Å². The molecule has 21 heavy (non-hydrogen) atoms. The Morgan fingerprint density at radius 1 is 1.33 bits per heavy atom. The van der Waals surface area contributed by atoms with E-state index in [1.807, 2.05) is 0 Å². The van der Waals surface area contributed by atoms with Gasteiger partial charge >= 0.3 is 0 Å². The first-order valence-electron chi connectivity index (χ1n) is 8.26. The summed E-state index contributed by atoms with van der Waals surface area (Å²) in [5, 5.41) is 3.87. The van der Waals surface area contributed by atoms with Crippen molar-refractivity contribution in [2.24, 2.45) is 5.41 Å². The van der Waals surface area contributed by atoms with Crippen molar-refractivity contribution in [3.05, 3.63) is 34.3 Å². The molecule has 0 saturated heterocycles. The van der Waals surface area contributed by atoms with Crippen LogP contribution in [0.1, 0.15) is 45.1 Å². The normalized spacial score (nSPS) is 28.0. The molecule has 1 aromatic rings. The molecule has 2 nitrogen and oxygen atoms in total. The van der Waals surface area contributed by atoms with Gasteiger partial charge in [-0.2, -0.15) is 0 Å². The van der Waals surface area contributed by atoms with Crippen LogP contribution in [-0.4, -0.2) is 24.8 Å². The second kappa shape index (κ2) is 6.39. The molecule has 3 rings (SSSR count). The molecule has 2 aliphatic carbocycles. The zero-order valence-corrected chi connectivity index (χ0v) is 14.7. The number of nitrogens with one attached hydrogen (secondary N) is 1. The highest BCUT2D eigenvalue weighted by Crippen LogP contribution is 2.57. The number of benzene rings is 1. The zero-order chi connectivity index (χ0) is 14.9. The van der Waals surface area contributed by atoms with Crippen LogP contribution in [0, 0.1) is 5.41 Å². The van der Waals surface area contributed by atoms with Gasteiger partial charge in [0, 0.05) is 28.6 Å². The predicted octanol–water partition coefficient (Wildman–Crippen LogP) is 4.32. The van der Waals surface area contributed by atoms with Crippen molar-refractivity contribution in [2.75, 3.05) is 6.61 Å². The van der Waals surface area contributed by atoms with Crippen LogP contribution in [0.15, 0.2) is 28.7 Å². The summed E-state index contributed by atoms with van der Waals surface area (Å²) in [4.78, 5) is 0. The van der Waals surface area contributed by atoms with E-state index in [1.165, 1.54) is 31.2 Å². The van der Waals surface area contributed by atoms with Crippen LogP contribution in [0.25, 0.3) is 0 Å². The van der Waals surface area contributed by atoms with Crippen LogP contribution < -0.4 is 5.32 Å². The summed E-state index contributed by atoms with van der Waals surface area (Å²) in [6.07, 6.45) is 6.87. The third kappa shape index (κ3) is 3.06. The molecule has 2 saturated carbocycles. The predicted molar refractivity (Wildman–Crippen MR) is 90.5 cm³/mol. The molecule has 2 aliphatic rings. The zero-order valence-electron chi connectivity index (χ0n) is 13.1. The molecule has 1 spiro atoms. The van der Waals surface area contributed by atoms with Gasteiger partial charge in [-0.15, -0.1) is 0 Å². The van der Waals surface area contributed by atoms with Crippen LogP contribution in [-0.2, 0) is 11.2 Å². The fraction of sp³-hybridized carbons (Fsp3) is 0.667. The maximum atomic E-state index is 5.93. The Labute approximate surface area is 136 Å². The topological polar surface area (TPSA) is 21.3 Å². The summed E-state index contributed by atoms with van der Waals surface area (Å²) in [7, 11) is 0. The summed E-state index contributed by atoms with van der Waals surface area (Å²) < 4.78 is 7.09. The number of hydrogen-bond acceptors (Lipinski definition) is 2. The van der Waals surface area contributed by atoms with Crippen LogP contribution in [0.2, 0.25) is 0 Å². The minimum absolute atomic E-state index is 0.462. The molecule has 0 radical (unpaired) electrons. The van der Waals surface area contributed by atoms with Gasteiger partial charge in [-0.25, -0.2) is 0 Å². The first-order chi connectivity index (χ1) is 10.1. The van der Waals surface area contributed by atoms with Gasteiger partial charge in [-0.1, -0.05) is 34.5 Å². The van der Waals surface area contributed by atoms with Crippen LogP contribution >= 0.6 is 15.9 Å². The van der Waals surface area contributed by atoms with E-state index in [0.717, 1.165) is 17.5 Å². The lowest BCUT2D eigenvalue weighted by Gasteiger charge is -2.61. The van der Waals surface area contributed by atoms with E-state index in [0.29, 0.717) is 23.6 Å². The first kappa shape index (κ1) is 15.5. The van der Waals surface area contributed by atoms with Crippen LogP contribution in [0.3, 0.4) is 0 Å². The minimum Gasteiger partial charge on any atom is -0.378 e. The molecule has 0 aliphatic heterocycles. The average molecular weight is 352 g/mol. The quantitative estimate of drug-likeness (QED) is 0.823. The number of hydrogen-bond donors (Lipinski definition) is 1. The summed E-state index contributed by atoms with van der Waals surface area (Å²) >= 11 is 3.50. The smallest absolute Gasteiger partial charge is 0.0661 e. The lowest BCUT2D eigenvalue weighted by atomic mass is 9.51. The second-order valence-electron chi connectivity index (χ2n) is 6.72. The average Bonchev–Trinajstić information content (AvgIpc) is 2.38.